The lowest BCUT2D eigenvalue weighted by Gasteiger charge is -2.38. The van der Waals surface area contributed by atoms with Crippen molar-refractivity contribution in [2.24, 2.45) is 22.7 Å². The van der Waals surface area contributed by atoms with E-state index >= 15 is 0 Å². The van der Waals surface area contributed by atoms with E-state index in [0.717, 1.165) is 12.0 Å². The van der Waals surface area contributed by atoms with Gasteiger partial charge in [0, 0.05) is 18.3 Å². The fourth-order valence-corrected chi connectivity index (χ4v) is 5.98. The van der Waals surface area contributed by atoms with Crippen LogP contribution in [0, 0.1) is 22.7 Å². The molecule has 0 aromatic rings. The molecular weight excluding hydrogens is 512 g/mol. The number of carbonyl (C=O) groups excluding carboxylic acids is 1. The Balaban J connectivity index is 1.89. The number of allylic oxidation sites excluding steroid dienone is 21. The van der Waals surface area contributed by atoms with Gasteiger partial charge in [0.05, 0.1) is 6.10 Å². The summed E-state index contributed by atoms with van der Waals surface area (Å²) in [6, 6.07) is 0. The largest absolute Gasteiger partial charge is 0.389 e. The van der Waals surface area contributed by atoms with Crippen LogP contribution in [-0.2, 0) is 4.79 Å². The molecule has 0 saturated carbocycles. The van der Waals surface area contributed by atoms with Crippen LogP contribution in [0.2, 0.25) is 0 Å². The third-order valence-corrected chi connectivity index (χ3v) is 8.24. The first kappa shape index (κ1) is 35.0. The van der Waals surface area contributed by atoms with Crippen LogP contribution in [-0.4, -0.2) is 17.0 Å². The van der Waals surface area contributed by atoms with Gasteiger partial charge in [0.1, 0.15) is 0 Å². The summed E-state index contributed by atoms with van der Waals surface area (Å²) in [4.78, 5) is 11.9. The fourth-order valence-electron chi connectivity index (χ4n) is 5.98. The van der Waals surface area contributed by atoms with Crippen LogP contribution in [0.4, 0.5) is 0 Å². The molecule has 0 unspecified atom stereocenters. The number of rotatable bonds is 10. The van der Waals surface area contributed by atoms with Crippen molar-refractivity contribution >= 4 is 5.78 Å². The Kier molecular flexibility index (Phi) is 13.2. The van der Waals surface area contributed by atoms with Crippen LogP contribution >= 0.6 is 0 Å². The van der Waals surface area contributed by atoms with Crippen LogP contribution in [0.1, 0.15) is 82.1 Å². The number of aliphatic hydroxyl groups excluding tert-OH is 1. The van der Waals surface area contributed by atoms with E-state index in [1.807, 2.05) is 6.08 Å². The lowest BCUT2D eigenvalue weighted by Crippen LogP contribution is -2.32. The highest BCUT2D eigenvalue weighted by atomic mass is 16.3. The molecule has 0 aliphatic heterocycles. The summed E-state index contributed by atoms with van der Waals surface area (Å²) >= 11 is 0. The molecule has 0 amide bonds. The van der Waals surface area contributed by atoms with Crippen molar-refractivity contribution in [2.45, 2.75) is 88.2 Å². The average molecular weight is 567 g/mol. The fraction of sp³-hybridized carbons (Fsp3) is 0.425. The first-order valence-corrected chi connectivity index (χ1v) is 15.3. The van der Waals surface area contributed by atoms with Gasteiger partial charge in [0.15, 0.2) is 5.78 Å². The predicted octanol–water partition coefficient (Wildman–Crippen LogP) is 10.5. The summed E-state index contributed by atoms with van der Waals surface area (Å²) in [5, 5.41) is 10.1. The zero-order chi connectivity index (χ0) is 31.5. The molecule has 2 heteroatoms. The monoisotopic (exact) mass is 566 g/mol. The molecule has 0 aromatic heterocycles. The number of hydrogen-bond donors (Lipinski definition) is 1. The summed E-state index contributed by atoms with van der Waals surface area (Å²) in [6.07, 6.45) is 34.8. The molecule has 42 heavy (non-hydrogen) atoms. The Labute approximate surface area is 256 Å². The highest BCUT2D eigenvalue weighted by molar-refractivity contribution is 5.92. The Bertz CT molecular complexity index is 1300. The van der Waals surface area contributed by atoms with E-state index in [2.05, 4.69) is 154 Å². The van der Waals surface area contributed by atoms with Gasteiger partial charge in [-0.1, -0.05) is 152 Å². The third kappa shape index (κ3) is 11.6. The summed E-state index contributed by atoms with van der Waals surface area (Å²) in [6.45, 7) is 21.4. The molecule has 1 N–H and O–H groups in total. The van der Waals surface area contributed by atoms with Crippen molar-refractivity contribution in [3.05, 3.63) is 131 Å². The van der Waals surface area contributed by atoms with Crippen LogP contribution in [0.5, 0.6) is 0 Å². The maximum absolute atomic E-state index is 11.9. The molecule has 0 aromatic carbocycles. The highest BCUT2D eigenvalue weighted by Crippen LogP contribution is 2.42. The maximum Gasteiger partial charge on any atom is 0.156 e. The Morgan fingerprint density at radius 3 is 1.57 bits per heavy atom. The second kappa shape index (κ2) is 15.8. The molecule has 0 bridgehead atoms. The van der Waals surface area contributed by atoms with Crippen molar-refractivity contribution in [3.63, 3.8) is 0 Å². The van der Waals surface area contributed by atoms with Crippen molar-refractivity contribution in [1.82, 2.24) is 0 Å². The van der Waals surface area contributed by atoms with E-state index in [0.29, 0.717) is 12.3 Å². The maximum atomic E-state index is 11.9. The van der Waals surface area contributed by atoms with Gasteiger partial charge in [-0.05, 0) is 64.9 Å². The molecule has 2 aliphatic carbocycles. The third-order valence-electron chi connectivity index (χ3n) is 8.24. The van der Waals surface area contributed by atoms with E-state index in [1.165, 1.54) is 27.9 Å². The first-order chi connectivity index (χ1) is 19.6. The minimum Gasteiger partial charge on any atom is -0.389 e. The van der Waals surface area contributed by atoms with Gasteiger partial charge >= 0.3 is 0 Å². The first-order valence-electron chi connectivity index (χ1n) is 15.3. The minimum atomic E-state index is -0.333. The molecule has 0 saturated heterocycles. The molecule has 0 radical (unpaired) electrons. The molecule has 2 rings (SSSR count). The van der Waals surface area contributed by atoms with Gasteiger partial charge in [-0.2, -0.15) is 0 Å². The smallest absolute Gasteiger partial charge is 0.156 e. The molecule has 0 spiro atoms. The van der Waals surface area contributed by atoms with E-state index in [4.69, 9.17) is 0 Å². The Hall–Kier alpha value is -3.23. The van der Waals surface area contributed by atoms with Crippen molar-refractivity contribution in [2.75, 3.05) is 0 Å². The molecular formula is C40H54O2. The van der Waals surface area contributed by atoms with E-state index in [9.17, 15) is 9.90 Å². The number of aliphatic hydroxyl groups is 1. The minimum absolute atomic E-state index is 0.0422. The summed E-state index contributed by atoms with van der Waals surface area (Å²) in [7, 11) is 0. The van der Waals surface area contributed by atoms with E-state index in [1.54, 1.807) is 6.08 Å². The summed E-state index contributed by atoms with van der Waals surface area (Å²) in [5.41, 5.74) is 7.16. The molecule has 226 valence electrons. The zero-order valence-corrected chi connectivity index (χ0v) is 27.7. The lowest BCUT2D eigenvalue weighted by atomic mass is 9.67. The molecule has 3 atom stereocenters. The van der Waals surface area contributed by atoms with Crippen LogP contribution < -0.4 is 0 Å². The topological polar surface area (TPSA) is 37.3 Å². The number of carbonyl (C=O) groups is 1. The Morgan fingerprint density at radius 2 is 1.12 bits per heavy atom. The average Bonchev–Trinajstić information content (AvgIpc) is 2.84. The zero-order valence-electron chi connectivity index (χ0n) is 27.7. The lowest BCUT2D eigenvalue weighted by molar-refractivity contribution is -0.117. The summed E-state index contributed by atoms with van der Waals surface area (Å²) in [5.74, 6) is 0.866. The quantitative estimate of drug-likeness (QED) is 0.211. The molecule has 0 heterocycles. The second-order valence-electron chi connectivity index (χ2n) is 13.6. The molecule has 0 fully saturated rings. The van der Waals surface area contributed by atoms with Crippen LogP contribution in [0.15, 0.2) is 131 Å². The van der Waals surface area contributed by atoms with Gasteiger partial charge in [-0.25, -0.2) is 0 Å². The highest BCUT2D eigenvalue weighted by Gasteiger charge is 2.35. The van der Waals surface area contributed by atoms with Gasteiger partial charge in [0.25, 0.3) is 0 Å². The Morgan fingerprint density at radius 1 is 0.690 bits per heavy atom. The predicted molar refractivity (Wildman–Crippen MR) is 183 cm³/mol. The normalized spacial score (nSPS) is 26.4. The molecule has 2 aliphatic rings. The van der Waals surface area contributed by atoms with Crippen molar-refractivity contribution < 1.29 is 9.90 Å². The van der Waals surface area contributed by atoms with Gasteiger partial charge in [0.2, 0.25) is 0 Å². The van der Waals surface area contributed by atoms with E-state index in [-0.39, 0.29) is 28.6 Å². The van der Waals surface area contributed by atoms with Crippen molar-refractivity contribution in [1.29, 1.82) is 0 Å². The standard InChI is InChI=1S/C40H54O2/c1-29(17-13-19-31(3)21-23-37-33(5)25-35(41)27-39(37,7)8)15-11-12-16-30(2)18-14-20-32(4)22-24-38-34(6)26-36(42)28-40(38,9)10/h11-26,35,37-38,41H,27-28H2,1-10H3/b12-11+,17-13+,18-14+,23-21+,24-22+,29-15+,30-16+,31-19+,32-20+/t35-,37+,38+/m0/s1. The van der Waals surface area contributed by atoms with Gasteiger partial charge in [-0.15, -0.1) is 0 Å². The SMILES string of the molecule is CC1=CC(=O)CC(C)(C)[C@@H]1/C=C/C(C)=C/C=C/C(C)=C/C=C/C=C(C)/C=C/C=C(C)/C=C/[C@@H]1C(C)=C[C@H](O)CC1(C)C. The summed E-state index contributed by atoms with van der Waals surface area (Å²) < 4.78 is 0. The van der Waals surface area contributed by atoms with Gasteiger partial charge < -0.3 is 5.11 Å². The second-order valence-corrected chi connectivity index (χ2v) is 13.6. The number of hydrogen-bond acceptors (Lipinski definition) is 2. The molecule has 2 nitrogen and oxygen atoms in total. The van der Waals surface area contributed by atoms with Crippen molar-refractivity contribution in [3.8, 4) is 0 Å². The van der Waals surface area contributed by atoms with Crippen LogP contribution in [0.3, 0.4) is 0 Å². The van der Waals surface area contributed by atoms with Crippen LogP contribution in [0.25, 0.3) is 0 Å². The number of ketones is 1. The van der Waals surface area contributed by atoms with Gasteiger partial charge in [-0.3, -0.25) is 4.79 Å². The van der Waals surface area contributed by atoms with E-state index < -0.39 is 0 Å².